The van der Waals surface area contributed by atoms with Gasteiger partial charge >= 0.3 is 5.97 Å². The van der Waals surface area contributed by atoms with E-state index in [9.17, 15) is 9.18 Å². The average molecular weight is 307 g/mol. The number of rotatable bonds is 6. The van der Waals surface area contributed by atoms with Crippen LogP contribution in [0.15, 0.2) is 22.7 Å². The maximum atomic E-state index is 13.3. The fourth-order valence-corrected chi connectivity index (χ4v) is 1.48. The largest absolute Gasteiger partial charge is 0.487 e. The highest BCUT2D eigenvalue weighted by Crippen LogP contribution is 2.21. The van der Waals surface area contributed by atoms with Gasteiger partial charge < -0.3 is 14.6 Å². The van der Waals surface area contributed by atoms with Gasteiger partial charge in [-0.15, -0.1) is 0 Å². The van der Waals surface area contributed by atoms with Crippen LogP contribution in [0.4, 0.5) is 4.39 Å². The normalized spacial score (nSPS) is 12.2. The van der Waals surface area contributed by atoms with Crippen LogP contribution in [0.3, 0.4) is 0 Å². The summed E-state index contributed by atoms with van der Waals surface area (Å²) in [7, 11) is 0. The Hall–Kier alpha value is -1.14. The van der Waals surface area contributed by atoms with E-state index in [-0.39, 0.29) is 19.0 Å². The molecular formula is C11H12BrFO4. The fourth-order valence-electron chi connectivity index (χ4n) is 1.15. The van der Waals surface area contributed by atoms with Gasteiger partial charge in [0, 0.05) is 11.1 Å². The lowest BCUT2D eigenvalue weighted by atomic mass is 10.3. The number of carbonyl (C=O) groups is 1. The third-order valence-corrected chi connectivity index (χ3v) is 2.42. The Morgan fingerprint density at radius 1 is 1.59 bits per heavy atom. The molecule has 17 heavy (non-hydrogen) atoms. The van der Waals surface area contributed by atoms with E-state index in [1.807, 2.05) is 0 Å². The minimum atomic E-state index is -1.13. The Morgan fingerprint density at radius 3 is 2.82 bits per heavy atom. The van der Waals surface area contributed by atoms with Gasteiger partial charge in [0.1, 0.15) is 6.61 Å². The van der Waals surface area contributed by atoms with E-state index < -0.39 is 17.9 Å². The van der Waals surface area contributed by atoms with E-state index >= 15 is 0 Å². The lowest BCUT2D eigenvalue weighted by Gasteiger charge is -2.14. The Bertz CT molecular complexity index is 397. The highest BCUT2D eigenvalue weighted by atomic mass is 79.9. The van der Waals surface area contributed by atoms with Crippen LogP contribution in [0, 0.1) is 5.82 Å². The summed E-state index contributed by atoms with van der Waals surface area (Å²) in [6.45, 7) is 1.70. The van der Waals surface area contributed by atoms with E-state index in [0.717, 1.165) is 0 Å². The minimum absolute atomic E-state index is 0.000784. The molecule has 0 saturated carbocycles. The van der Waals surface area contributed by atoms with Gasteiger partial charge in [0.15, 0.2) is 17.7 Å². The summed E-state index contributed by atoms with van der Waals surface area (Å²) in [6.07, 6.45) is -1.09. The number of carboxylic acids is 1. The number of aliphatic carboxylic acids is 1. The quantitative estimate of drug-likeness (QED) is 0.877. The first-order valence-electron chi connectivity index (χ1n) is 4.96. The van der Waals surface area contributed by atoms with Crippen molar-refractivity contribution in [2.45, 2.75) is 13.0 Å². The second-order valence-electron chi connectivity index (χ2n) is 3.17. The summed E-state index contributed by atoms with van der Waals surface area (Å²) in [4.78, 5) is 10.7. The predicted octanol–water partition coefficient (Wildman–Crippen LogP) is 2.46. The van der Waals surface area contributed by atoms with Gasteiger partial charge in [-0.05, 0) is 25.1 Å². The molecule has 0 spiro atoms. The van der Waals surface area contributed by atoms with Crippen molar-refractivity contribution < 1.29 is 23.8 Å². The average Bonchev–Trinajstić information content (AvgIpc) is 2.25. The van der Waals surface area contributed by atoms with Gasteiger partial charge in [-0.2, -0.15) is 0 Å². The summed E-state index contributed by atoms with van der Waals surface area (Å²) in [5.74, 6) is -1.69. The molecule has 0 radical (unpaired) electrons. The van der Waals surface area contributed by atoms with Crippen molar-refractivity contribution in [3.63, 3.8) is 0 Å². The Balaban J connectivity index is 2.62. The number of halogens is 2. The van der Waals surface area contributed by atoms with Crippen LogP contribution in [-0.2, 0) is 9.53 Å². The van der Waals surface area contributed by atoms with Gasteiger partial charge in [-0.3, -0.25) is 0 Å². The van der Waals surface area contributed by atoms with Crippen LogP contribution in [0.25, 0.3) is 0 Å². The molecule has 0 amide bonds. The predicted molar refractivity (Wildman–Crippen MR) is 62.6 cm³/mol. The van der Waals surface area contributed by atoms with E-state index in [1.165, 1.54) is 12.1 Å². The zero-order chi connectivity index (χ0) is 12.8. The highest BCUT2D eigenvalue weighted by Gasteiger charge is 2.19. The molecule has 0 saturated heterocycles. The Labute approximate surface area is 106 Å². The number of hydrogen-bond acceptors (Lipinski definition) is 3. The molecule has 0 aliphatic rings. The van der Waals surface area contributed by atoms with Crippen molar-refractivity contribution in [3.8, 4) is 5.75 Å². The van der Waals surface area contributed by atoms with Crippen LogP contribution in [-0.4, -0.2) is 30.4 Å². The van der Waals surface area contributed by atoms with Crippen LogP contribution < -0.4 is 4.74 Å². The lowest BCUT2D eigenvalue weighted by Crippen LogP contribution is -2.30. The number of benzene rings is 1. The summed E-state index contributed by atoms with van der Waals surface area (Å²) in [5.41, 5.74) is 0. The summed E-state index contributed by atoms with van der Waals surface area (Å²) < 4.78 is 23.9. The molecule has 94 valence electrons. The molecule has 1 aromatic carbocycles. The SMILES string of the molecule is CCOC(COc1ccc(Br)cc1F)C(=O)O. The minimum Gasteiger partial charge on any atom is -0.487 e. The van der Waals surface area contributed by atoms with Crippen LogP contribution in [0.1, 0.15) is 6.92 Å². The number of carboxylic acid groups (broad SMARTS) is 1. The zero-order valence-electron chi connectivity index (χ0n) is 9.15. The van der Waals surface area contributed by atoms with Crippen molar-refractivity contribution in [2.75, 3.05) is 13.2 Å². The maximum Gasteiger partial charge on any atom is 0.336 e. The van der Waals surface area contributed by atoms with Gasteiger partial charge in [0.2, 0.25) is 0 Å². The number of hydrogen-bond donors (Lipinski definition) is 1. The first-order chi connectivity index (χ1) is 8.04. The molecule has 0 aromatic heterocycles. The molecule has 1 rings (SSSR count). The molecule has 4 nitrogen and oxygen atoms in total. The molecular weight excluding hydrogens is 295 g/mol. The van der Waals surface area contributed by atoms with Gasteiger partial charge in [0.05, 0.1) is 0 Å². The molecule has 0 bridgehead atoms. The molecule has 0 aliphatic heterocycles. The molecule has 0 fully saturated rings. The van der Waals surface area contributed by atoms with Crippen molar-refractivity contribution in [2.24, 2.45) is 0 Å². The van der Waals surface area contributed by atoms with Crippen molar-refractivity contribution in [3.05, 3.63) is 28.5 Å². The monoisotopic (exact) mass is 306 g/mol. The molecule has 6 heteroatoms. The first kappa shape index (κ1) is 13.9. The van der Waals surface area contributed by atoms with Gasteiger partial charge in [-0.1, -0.05) is 15.9 Å². The summed E-state index contributed by atoms with van der Waals surface area (Å²) >= 11 is 3.11. The van der Waals surface area contributed by atoms with Crippen molar-refractivity contribution >= 4 is 21.9 Å². The second-order valence-corrected chi connectivity index (χ2v) is 4.08. The van der Waals surface area contributed by atoms with Gasteiger partial charge in [-0.25, -0.2) is 9.18 Å². The van der Waals surface area contributed by atoms with E-state index in [0.29, 0.717) is 4.47 Å². The fraction of sp³-hybridized carbons (Fsp3) is 0.364. The van der Waals surface area contributed by atoms with Crippen LogP contribution >= 0.6 is 15.9 Å². The zero-order valence-corrected chi connectivity index (χ0v) is 10.7. The lowest BCUT2D eigenvalue weighted by molar-refractivity contribution is -0.152. The second kappa shape index (κ2) is 6.56. The molecule has 0 aliphatic carbocycles. The van der Waals surface area contributed by atoms with Gasteiger partial charge in [0.25, 0.3) is 0 Å². The molecule has 1 N–H and O–H groups in total. The summed E-state index contributed by atoms with van der Waals surface area (Å²) in [6, 6.07) is 4.27. The highest BCUT2D eigenvalue weighted by molar-refractivity contribution is 9.10. The smallest absolute Gasteiger partial charge is 0.336 e. The topological polar surface area (TPSA) is 55.8 Å². The van der Waals surface area contributed by atoms with Crippen molar-refractivity contribution in [1.82, 2.24) is 0 Å². The first-order valence-corrected chi connectivity index (χ1v) is 5.76. The van der Waals surface area contributed by atoms with E-state index in [4.69, 9.17) is 14.6 Å². The van der Waals surface area contributed by atoms with Crippen LogP contribution in [0.2, 0.25) is 0 Å². The van der Waals surface area contributed by atoms with Crippen molar-refractivity contribution in [1.29, 1.82) is 0 Å². The third-order valence-electron chi connectivity index (χ3n) is 1.93. The van der Waals surface area contributed by atoms with E-state index in [1.54, 1.807) is 13.0 Å². The molecule has 1 unspecified atom stereocenters. The number of ether oxygens (including phenoxy) is 2. The third kappa shape index (κ3) is 4.32. The van der Waals surface area contributed by atoms with Crippen LogP contribution in [0.5, 0.6) is 5.75 Å². The van der Waals surface area contributed by atoms with E-state index in [2.05, 4.69) is 15.9 Å². The Morgan fingerprint density at radius 2 is 2.29 bits per heavy atom. The Kier molecular flexibility index (Phi) is 5.37. The summed E-state index contributed by atoms with van der Waals surface area (Å²) in [5, 5.41) is 8.79. The molecule has 1 atom stereocenters. The maximum absolute atomic E-state index is 13.3. The molecule has 0 heterocycles. The standard InChI is InChI=1S/C11H12BrFO4/c1-2-16-10(11(14)15)6-17-9-4-3-7(12)5-8(9)13/h3-5,10H,2,6H2,1H3,(H,14,15). The molecule has 1 aromatic rings.